The lowest BCUT2D eigenvalue weighted by atomic mass is 9.83. The van der Waals surface area contributed by atoms with Gasteiger partial charge in [-0.25, -0.2) is 4.98 Å². The predicted molar refractivity (Wildman–Crippen MR) is 58.3 cm³/mol. The lowest BCUT2D eigenvalue weighted by molar-refractivity contribution is -0.0860. The highest BCUT2D eigenvalue weighted by atomic mass is 32.1. The first-order valence-corrected chi connectivity index (χ1v) is 6.36. The maximum Gasteiger partial charge on any atom is 0.0959 e. The largest absolute Gasteiger partial charge is 0.395 e. The highest BCUT2D eigenvalue weighted by Gasteiger charge is 2.42. The van der Waals surface area contributed by atoms with Gasteiger partial charge in [0.15, 0.2) is 0 Å². The number of rotatable bonds is 3. The molecule has 4 heteroatoms. The third-order valence-corrected chi connectivity index (χ3v) is 4.59. The first-order valence-electron chi connectivity index (χ1n) is 5.49. The quantitative estimate of drug-likeness (QED) is 0.851. The van der Waals surface area contributed by atoms with Gasteiger partial charge in [0, 0.05) is 11.3 Å². The van der Waals surface area contributed by atoms with Gasteiger partial charge in [0.1, 0.15) is 0 Å². The van der Waals surface area contributed by atoms with Crippen LogP contribution in [0.15, 0.2) is 5.38 Å². The van der Waals surface area contributed by atoms with Gasteiger partial charge in [0.05, 0.1) is 35.9 Å². The lowest BCUT2D eigenvalue weighted by Gasteiger charge is -2.38. The van der Waals surface area contributed by atoms with Crippen molar-refractivity contribution in [2.24, 2.45) is 0 Å². The van der Waals surface area contributed by atoms with Gasteiger partial charge in [-0.2, -0.15) is 0 Å². The van der Waals surface area contributed by atoms with Crippen LogP contribution in [-0.4, -0.2) is 29.9 Å². The maximum atomic E-state index is 9.39. The molecule has 3 rings (SSSR count). The number of aromatic nitrogens is 1. The van der Waals surface area contributed by atoms with Crippen LogP contribution < -0.4 is 0 Å². The fraction of sp³-hybridized carbons (Fsp3) is 0.727. The molecule has 1 aromatic rings. The Morgan fingerprint density at radius 2 is 2.33 bits per heavy atom. The fourth-order valence-corrected chi connectivity index (χ4v) is 3.16. The number of aliphatic hydroxyl groups is 1. The Bertz CT molecular complexity index is 350. The van der Waals surface area contributed by atoms with E-state index in [-0.39, 0.29) is 12.0 Å². The summed E-state index contributed by atoms with van der Waals surface area (Å²) in [6.07, 6.45) is 3.92. The summed E-state index contributed by atoms with van der Waals surface area (Å²) in [6.45, 7) is 1.40. The van der Waals surface area contributed by atoms with E-state index >= 15 is 0 Å². The van der Waals surface area contributed by atoms with Crippen LogP contribution >= 0.6 is 11.3 Å². The Labute approximate surface area is 93.1 Å². The molecule has 1 N–H and O–H groups in total. The molecule has 1 aliphatic heterocycles. The summed E-state index contributed by atoms with van der Waals surface area (Å²) >= 11 is 1.75. The molecule has 1 aromatic heterocycles. The molecule has 2 fully saturated rings. The Hall–Kier alpha value is -0.450. The van der Waals surface area contributed by atoms with E-state index in [1.807, 2.05) is 0 Å². The smallest absolute Gasteiger partial charge is 0.0959 e. The van der Waals surface area contributed by atoms with Crippen LogP contribution in [0.25, 0.3) is 0 Å². The number of ether oxygens (including phenoxy) is 1. The molecule has 3 nitrogen and oxygen atoms in total. The molecule has 0 bridgehead atoms. The zero-order valence-electron chi connectivity index (χ0n) is 8.61. The second-order valence-electron chi connectivity index (χ2n) is 4.63. The number of hydrogen-bond donors (Lipinski definition) is 1. The van der Waals surface area contributed by atoms with Gasteiger partial charge in [-0.15, -0.1) is 11.3 Å². The molecule has 15 heavy (non-hydrogen) atoms. The minimum atomic E-state index is -0.182. The number of aliphatic hydroxyl groups excluding tert-OH is 1. The van der Waals surface area contributed by atoms with E-state index in [4.69, 9.17) is 4.74 Å². The van der Waals surface area contributed by atoms with Crippen LogP contribution in [-0.2, 0) is 10.2 Å². The van der Waals surface area contributed by atoms with Crippen molar-refractivity contribution in [1.82, 2.24) is 4.98 Å². The van der Waals surface area contributed by atoms with E-state index in [1.54, 1.807) is 11.3 Å². The molecule has 0 unspecified atom stereocenters. The summed E-state index contributed by atoms with van der Waals surface area (Å²) in [7, 11) is 0. The monoisotopic (exact) mass is 225 g/mol. The van der Waals surface area contributed by atoms with Crippen LogP contribution in [0.3, 0.4) is 0 Å². The maximum absolute atomic E-state index is 9.39. The topological polar surface area (TPSA) is 42.4 Å². The van der Waals surface area contributed by atoms with Crippen LogP contribution in [0.1, 0.15) is 35.9 Å². The van der Waals surface area contributed by atoms with Crippen molar-refractivity contribution in [2.45, 2.75) is 30.6 Å². The van der Waals surface area contributed by atoms with Gasteiger partial charge >= 0.3 is 0 Å². The molecule has 1 aliphatic carbocycles. The van der Waals surface area contributed by atoms with Crippen molar-refractivity contribution in [3.05, 3.63) is 16.1 Å². The first-order chi connectivity index (χ1) is 7.34. The van der Waals surface area contributed by atoms with Crippen molar-refractivity contribution < 1.29 is 9.84 Å². The molecule has 0 radical (unpaired) electrons. The molecule has 82 valence electrons. The van der Waals surface area contributed by atoms with E-state index in [0.29, 0.717) is 19.1 Å². The van der Waals surface area contributed by atoms with Crippen LogP contribution in [0.2, 0.25) is 0 Å². The third kappa shape index (κ3) is 1.43. The zero-order chi connectivity index (χ0) is 10.3. The van der Waals surface area contributed by atoms with E-state index < -0.39 is 0 Å². The number of thiazole rings is 1. The van der Waals surface area contributed by atoms with Gasteiger partial charge in [-0.1, -0.05) is 6.42 Å². The Kier molecular flexibility index (Phi) is 2.30. The predicted octanol–water partition coefficient (Wildman–Crippen LogP) is 1.67. The second-order valence-corrected chi connectivity index (χ2v) is 5.52. The lowest BCUT2D eigenvalue weighted by Crippen LogP contribution is -2.50. The average Bonchev–Trinajstić information content (AvgIpc) is 2.50. The Morgan fingerprint density at radius 3 is 2.80 bits per heavy atom. The van der Waals surface area contributed by atoms with Gasteiger partial charge in [0.2, 0.25) is 0 Å². The summed E-state index contributed by atoms with van der Waals surface area (Å²) in [4.78, 5) is 4.68. The Morgan fingerprint density at radius 1 is 1.53 bits per heavy atom. The summed E-state index contributed by atoms with van der Waals surface area (Å²) in [5, 5.41) is 12.8. The van der Waals surface area contributed by atoms with Crippen LogP contribution in [0.4, 0.5) is 0 Å². The summed E-state index contributed by atoms with van der Waals surface area (Å²) in [6, 6.07) is 0. The number of nitrogens with zero attached hydrogens (tertiary/aromatic N) is 1. The van der Waals surface area contributed by atoms with Crippen molar-refractivity contribution in [2.75, 3.05) is 19.8 Å². The van der Waals surface area contributed by atoms with E-state index in [2.05, 4.69) is 10.4 Å². The van der Waals surface area contributed by atoms with Crippen molar-refractivity contribution in [3.8, 4) is 0 Å². The molecule has 1 saturated heterocycles. The van der Waals surface area contributed by atoms with Crippen molar-refractivity contribution >= 4 is 11.3 Å². The minimum Gasteiger partial charge on any atom is -0.395 e. The summed E-state index contributed by atoms with van der Waals surface area (Å²) < 4.78 is 5.20. The molecular formula is C11H15NO2S. The van der Waals surface area contributed by atoms with Gasteiger partial charge in [0.25, 0.3) is 0 Å². The van der Waals surface area contributed by atoms with Crippen LogP contribution in [0, 0.1) is 0 Å². The first kappa shape index (κ1) is 9.75. The van der Waals surface area contributed by atoms with Crippen molar-refractivity contribution in [1.29, 1.82) is 0 Å². The van der Waals surface area contributed by atoms with Crippen LogP contribution in [0.5, 0.6) is 0 Å². The van der Waals surface area contributed by atoms with Gasteiger partial charge in [-0.3, -0.25) is 0 Å². The van der Waals surface area contributed by atoms with Gasteiger partial charge in [-0.05, 0) is 12.8 Å². The molecule has 0 amide bonds. The molecule has 0 atom stereocenters. The molecule has 2 aliphatic rings. The molecule has 0 spiro atoms. The third-order valence-electron chi connectivity index (χ3n) is 3.58. The minimum absolute atomic E-state index is 0.154. The molecule has 1 saturated carbocycles. The summed E-state index contributed by atoms with van der Waals surface area (Å²) in [5.74, 6) is 0.695. The second kappa shape index (κ2) is 3.54. The highest BCUT2D eigenvalue weighted by molar-refractivity contribution is 7.09. The van der Waals surface area contributed by atoms with E-state index in [0.717, 1.165) is 5.69 Å². The zero-order valence-corrected chi connectivity index (χ0v) is 9.42. The number of hydrogen-bond acceptors (Lipinski definition) is 4. The Balaban J connectivity index is 1.82. The average molecular weight is 225 g/mol. The molecular weight excluding hydrogens is 210 g/mol. The summed E-state index contributed by atoms with van der Waals surface area (Å²) in [5.41, 5.74) is 0.863. The fourth-order valence-electron chi connectivity index (χ4n) is 2.04. The normalized spacial score (nSPS) is 24.6. The van der Waals surface area contributed by atoms with Crippen molar-refractivity contribution in [3.63, 3.8) is 0 Å². The van der Waals surface area contributed by atoms with Gasteiger partial charge < -0.3 is 9.84 Å². The SMILES string of the molecule is OCC1(c2csc(C3CCC3)n2)COC1. The molecule has 0 aromatic carbocycles. The van der Waals surface area contributed by atoms with E-state index in [1.165, 1.54) is 24.3 Å². The standard InChI is InChI=1S/C11H15NO2S/c13-5-11(6-14-7-11)9-4-15-10(12-9)8-2-1-3-8/h4,8,13H,1-3,5-7H2. The highest BCUT2D eigenvalue weighted by Crippen LogP contribution is 2.40. The van der Waals surface area contributed by atoms with E-state index in [9.17, 15) is 5.11 Å². The molecule has 2 heterocycles.